The molecule has 1 aliphatic heterocycles. The molecule has 150 valence electrons. The van der Waals surface area contributed by atoms with E-state index in [0.717, 1.165) is 42.3 Å². The molecule has 1 saturated heterocycles. The van der Waals surface area contributed by atoms with Crippen LogP contribution in [0, 0.1) is 19.8 Å². The molecule has 3 rings (SSSR count). The third-order valence-electron chi connectivity index (χ3n) is 5.29. The number of rotatable bonds is 7. The van der Waals surface area contributed by atoms with E-state index in [1.807, 2.05) is 45.2 Å². The number of carbonyl (C=O) groups excluding carboxylic acids is 1. The fraction of sp³-hybridized carbons (Fsp3) is 0.476. The molecule has 1 atom stereocenters. The molecule has 0 radical (unpaired) electrons. The molecule has 7 nitrogen and oxygen atoms in total. The minimum absolute atomic E-state index is 0.00559. The second-order valence-electron chi connectivity index (χ2n) is 7.42. The lowest BCUT2D eigenvalue weighted by Crippen LogP contribution is -2.32. The number of aromatic nitrogens is 2. The van der Waals surface area contributed by atoms with Crippen LogP contribution in [0.1, 0.15) is 40.2 Å². The quantitative estimate of drug-likeness (QED) is 0.792. The van der Waals surface area contributed by atoms with Crippen LogP contribution in [0.25, 0.3) is 5.69 Å². The highest BCUT2D eigenvalue weighted by Crippen LogP contribution is 2.20. The highest BCUT2D eigenvalue weighted by atomic mass is 16.5. The van der Waals surface area contributed by atoms with Crippen LogP contribution in [-0.4, -0.2) is 58.5 Å². The number of aliphatic carboxylic acids is 1. The van der Waals surface area contributed by atoms with Crippen molar-refractivity contribution in [1.29, 1.82) is 0 Å². The Morgan fingerprint density at radius 3 is 2.61 bits per heavy atom. The zero-order valence-electron chi connectivity index (χ0n) is 16.6. The van der Waals surface area contributed by atoms with Crippen LogP contribution >= 0.6 is 0 Å². The monoisotopic (exact) mass is 385 g/mol. The van der Waals surface area contributed by atoms with Crippen LogP contribution in [-0.2, 0) is 16.0 Å². The lowest BCUT2D eigenvalue weighted by Gasteiger charge is -2.20. The highest BCUT2D eigenvalue weighted by molar-refractivity contribution is 5.94. The summed E-state index contributed by atoms with van der Waals surface area (Å²) >= 11 is 0. The van der Waals surface area contributed by atoms with E-state index in [-0.39, 0.29) is 12.3 Å². The number of benzene rings is 1. The van der Waals surface area contributed by atoms with Crippen LogP contribution < -0.4 is 0 Å². The maximum absolute atomic E-state index is 12.7. The first-order valence-corrected chi connectivity index (χ1v) is 9.57. The van der Waals surface area contributed by atoms with Gasteiger partial charge >= 0.3 is 5.97 Å². The molecule has 0 spiro atoms. The molecular weight excluding hydrogens is 358 g/mol. The summed E-state index contributed by atoms with van der Waals surface area (Å²) < 4.78 is 7.19. The lowest BCUT2D eigenvalue weighted by molar-refractivity contribution is -0.136. The van der Waals surface area contributed by atoms with Crippen LogP contribution in [0.5, 0.6) is 0 Å². The highest BCUT2D eigenvalue weighted by Gasteiger charge is 2.21. The number of carboxylic acids is 1. The summed E-state index contributed by atoms with van der Waals surface area (Å²) in [4.78, 5) is 25.3. The average molecular weight is 385 g/mol. The molecule has 2 aromatic rings. The number of amides is 1. The van der Waals surface area contributed by atoms with E-state index in [9.17, 15) is 9.59 Å². The van der Waals surface area contributed by atoms with Gasteiger partial charge in [0.15, 0.2) is 0 Å². The molecule has 1 aromatic carbocycles. The summed E-state index contributed by atoms with van der Waals surface area (Å²) in [5, 5.41) is 13.5. The molecule has 2 heterocycles. The van der Waals surface area contributed by atoms with Gasteiger partial charge in [0.05, 0.1) is 18.0 Å². The number of hydrogen-bond acceptors (Lipinski definition) is 4. The summed E-state index contributed by atoms with van der Waals surface area (Å²) in [5.41, 5.74) is 4.21. The van der Waals surface area contributed by atoms with Crippen LogP contribution in [0.4, 0.5) is 0 Å². The van der Waals surface area contributed by atoms with Gasteiger partial charge in [-0.1, -0.05) is 0 Å². The van der Waals surface area contributed by atoms with Crippen LogP contribution in [0.15, 0.2) is 24.3 Å². The van der Waals surface area contributed by atoms with Crippen molar-refractivity contribution >= 4 is 11.9 Å². The summed E-state index contributed by atoms with van der Waals surface area (Å²) in [6, 6.07) is 7.37. The molecule has 0 saturated carbocycles. The van der Waals surface area contributed by atoms with E-state index in [1.165, 1.54) is 0 Å². The number of carbonyl (C=O) groups is 2. The predicted octanol–water partition coefficient (Wildman–Crippen LogP) is 2.61. The molecular formula is C21H27N3O4. The fourth-order valence-electron chi connectivity index (χ4n) is 3.68. The van der Waals surface area contributed by atoms with Gasteiger partial charge in [-0.25, -0.2) is 4.68 Å². The van der Waals surface area contributed by atoms with Gasteiger partial charge in [0.1, 0.15) is 0 Å². The van der Waals surface area contributed by atoms with Gasteiger partial charge < -0.3 is 14.7 Å². The first-order valence-electron chi connectivity index (χ1n) is 9.57. The third-order valence-corrected chi connectivity index (χ3v) is 5.29. The first kappa shape index (κ1) is 20.1. The van der Waals surface area contributed by atoms with Crippen molar-refractivity contribution in [3.8, 4) is 5.69 Å². The molecule has 1 aromatic heterocycles. The summed E-state index contributed by atoms with van der Waals surface area (Å²) in [6.45, 7) is 6.02. The van der Waals surface area contributed by atoms with Gasteiger partial charge in [-0.2, -0.15) is 5.10 Å². The maximum Gasteiger partial charge on any atom is 0.303 e. The van der Waals surface area contributed by atoms with E-state index in [1.54, 1.807) is 9.58 Å². The molecule has 0 aliphatic carbocycles. The Bertz CT molecular complexity index is 851. The molecule has 1 N–H and O–H groups in total. The maximum atomic E-state index is 12.7. The zero-order chi connectivity index (χ0) is 20.3. The predicted molar refractivity (Wildman–Crippen MR) is 105 cm³/mol. The van der Waals surface area contributed by atoms with E-state index in [0.29, 0.717) is 24.4 Å². The second kappa shape index (κ2) is 8.56. The average Bonchev–Trinajstić information content (AvgIpc) is 3.27. The van der Waals surface area contributed by atoms with Gasteiger partial charge in [-0.05, 0) is 56.5 Å². The SMILES string of the molecule is Cc1nn(-c2ccc(C(=O)N(C)C[C@H]3CCOC3)cc2)c(C)c1CCC(=O)O. The molecule has 1 fully saturated rings. The number of aryl methyl sites for hydroxylation is 1. The summed E-state index contributed by atoms with van der Waals surface area (Å²) in [7, 11) is 1.82. The Hall–Kier alpha value is -2.67. The molecule has 28 heavy (non-hydrogen) atoms. The largest absolute Gasteiger partial charge is 0.481 e. The molecule has 1 aliphatic rings. The molecule has 0 unspecified atom stereocenters. The van der Waals surface area contributed by atoms with Gasteiger partial charge in [-0.15, -0.1) is 0 Å². The second-order valence-corrected chi connectivity index (χ2v) is 7.42. The molecule has 7 heteroatoms. The van der Waals surface area contributed by atoms with Crippen molar-refractivity contribution in [2.75, 3.05) is 26.8 Å². The Labute approximate surface area is 164 Å². The first-order chi connectivity index (χ1) is 13.4. The Morgan fingerprint density at radius 2 is 2.00 bits per heavy atom. The zero-order valence-corrected chi connectivity index (χ0v) is 16.6. The van der Waals surface area contributed by atoms with Gasteiger partial charge in [0.2, 0.25) is 0 Å². The standard InChI is InChI=1S/C21H27N3O4/c1-14-19(8-9-20(25)26)15(2)24(22-14)18-6-4-17(5-7-18)21(27)23(3)12-16-10-11-28-13-16/h4-7,16H,8-13H2,1-3H3,(H,25,26)/t16-/m1/s1. The van der Waals surface area contributed by atoms with Gasteiger partial charge in [0.25, 0.3) is 5.91 Å². The van der Waals surface area contributed by atoms with E-state index < -0.39 is 5.97 Å². The van der Waals surface area contributed by atoms with Crippen molar-refractivity contribution < 1.29 is 19.4 Å². The normalized spacial score (nSPS) is 16.3. The lowest BCUT2D eigenvalue weighted by atomic mass is 10.1. The van der Waals surface area contributed by atoms with Crippen molar-refractivity contribution in [2.45, 2.75) is 33.1 Å². The van der Waals surface area contributed by atoms with E-state index in [4.69, 9.17) is 9.84 Å². The van der Waals surface area contributed by atoms with E-state index >= 15 is 0 Å². The topological polar surface area (TPSA) is 84.7 Å². The van der Waals surface area contributed by atoms with Crippen molar-refractivity contribution in [1.82, 2.24) is 14.7 Å². The van der Waals surface area contributed by atoms with Gasteiger partial charge in [-0.3, -0.25) is 9.59 Å². The summed E-state index contributed by atoms with van der Waals surface area (Å²) in [6.07, 6.45) is 1.54. The minimum atomic E-state index is -0.817. The van der Waals surface area contributed by atoms with Crippen molar-refractivity contribution in [2.24, 2.45) is 5.92 Å². The molecule has 1 amide bonds. The number of hydrogen-bond donors (Lipinski definition) is 1. The van der Waals surface area contributed by atoms with Crippen molar-refractivity contribution in [3.05, 3.63) is 46.8 Å². The smallest absolute Gasteiger partial charge is 0.303 e. The van der Waals surface area contributed by atoms with Gasteiger partial charge in [0, 0.05) is 43.8 Å². The van der Waals surface area contributed by atoms with E-state index in [2.05, 4.69) is 5.10 Å². The number of nitrogens with zero attached hydrogens (tertiary/aromatic N) is 3. The Kier molecular flexibility index (Phi) is 6.14. The van der Waals surface area contributed by atoms with Crippen LogP contribution in [0.3, 0.4) is 0 Å². The van der Waals surface area contributed by atoms with Crippen molar-refractivity contribution in [3.63, 3.8) is 0 Å². The summed E-state index contributed by atoms with van der Waals surface area (Å²) in [5.74, 6) is -0.413. The minimum Gasteiger partial charge on any atom is -0.481 e. The van der Waals surface area contributed by atoms with Crippen LogP contribution in [0.2, 0.25) is 0 Å². The number of carboxylic acid groups (broad SMARTS) is 1. The fourth-order valence-corrected chi connectivity index (χ4v) is 3.68. The number of ether oxygens (including phenoxy) is 1. The molecule has 0 bridgehead atoms. The Morgan fingerprint density at radius 1 is 1.29 bits per heavy atom. The Balaban J connectivity index is 1.72. The third kappa shape index (κ3) is 4.42.